The maximum atomic E-state index is 11.8. The topological polar surface area (TPSA) is 29.1 Å². The van der Waals surface area contributed by atoms with Gasteiger partial charge in [0.15, 0.2) is 0 Å². The van der Waals surface area contributed by atoms with Crippen LogP contribution in [0.15, 0.2) is 18.2 Å². The van der Waals surface area contributed by atoms with E-state index in [1.54, 1.807) is 0 Å². The third-order valence-electron chi connectivity index (χ3n) is 2.30. The minimum Gasteiger partial charge on any atom is -0.352 e. The highest BCUT2D eigenvalue weighted by atomic mass is 35.5. The Morgan fingerprint density at radius 3 is 2.47 bits per heavy atom. The molecule has 1 aromatic rings. The minimum atomic E-state index is -0.00397. The maximum Gasteiger partial charge on any atom is 0.251 e. The lowest BCUT2D eigenvalue weighted by atomic mass is 10.0. The lowest BCUT2D eigenvalue weighted by molar-refractivity contribution is 0.0952. The zero-order valence-corrected chi connectivity index (χ0v) is 9.90. The zero-order chi connectivity index (χ0) is 11.3. The van der Waals surface area contributed by atoms with Gasteiger partial charge in [0.1, 0.15) is 0 Å². The van der Waals surface area contributed by atoms with E-state index in [1.165, 1.54) is 0 Å². The summed E-state index contributed by atoms with van der Waals surface area (Å²) in [6.07, 6.45) is 0.804. The van der Waals surface area contributed by atoms with E-state index >= 15 is 0 Å². The molecule has 0 aromatic heterocycles. The Morgan fingerprint density at radius 1 is 1.33 bits per heavy atom. The van der Waals surface area contributed by atoms with Crippen molar-refractivity contribution in [3.63, 3.8) is 0 Å². The van der Waals surface area contributed by atoms with E-state index in [2.05, 4.69) is 5.32 Å². The number of alkyl halides is 1. The number of benzene rings is 1. The van der Waals surface area contributed by atoms with Gasteiger partial charge >= 0.3 is 0 Å². The number of carbonyl (C=O) groups is 1. The molecule has 1 rings (SSSR count). The summed E-state index contributed by atoms with van der Waals surface area (Å²) in [5, 5.41) is 2.86. The van der Waals surface area contributed by atoms with Crippen LogP contribution in [0.1, 0.15) is 27.9 Å². The number of halogens is 1. The van der Waals surface area contributed by atoms with Gasteiger partial charge in [-0.25, -0.2) is 0 Å². The van der Waals surface area contributed by atoms with Crippen molar-refractivity contribution in [3.8, 4) is 0 Å². The molecule has 1 aromatic carbocycles. The average molecular weight is 226 g/mol. The molecule has 82 valence electrons. The van der Waals surface area contributed by atoms with Crippen LogP contribution in [0.5, 0.6) is 0 Å². The number of amides is 1. The molecule has 0 radical (unpaired) electrons. The zero-order valence-electron chi connectivity index (χ0n) is 9.14. The van der Waals surface area contributed by atoms with E-state index in [9.17, 15) is 4.79 Å². The molecule has 0 saturated heterocycles. The lowest BCUT2D eigenvalue weighted by Crippen LogP contribution is -2.26. The third kappa shape index (κ3) is 3.24. The van der Waals surface area contributed by atoms with Crippen LogP contribution < -0.4 is 5.32 Å². The predicted molar refractivity (Wildman–Crippen MR) is 63.6 cm³/mol. The van der Waals surface area contributed by atoms with Gasteiger partial charge in [0.05, 0.1) is 0 Å². The monoisotopic (exact) mass is 225 g/mol. The highest BCUT2D eigenvalue weighted by molar-refractivity contribution is 6.17. The second-order valence-electron chi connectivity index (χ2n) is 3.57. The molecule has 0 fully saturated rings. The molecule has 0 aliphatic heterocycles. The van der Waals surface area contributed by atoms with E-state index in [1.807, 2.05) is 32.0 Å². The second kappa shape index (κ2) is 5.76. The molecule has 1 amide bonds. The Balaban J connectivity index is 2.73. The number of hydrogen-bond acceptors (Lipinski definition) is 1. The molecular weight excluding hydrogens is 210 g/mol. The fourth-order valence-electron chi connectivity index (χ4n) is 1.53. The quantitative estimate of drug-likeness (QED) is 0.620. The third-order valence-corrected chi connectivity index (χ3v) is 2.57. The van der Waals surface area contributed by atoms with Crippen molar-refractivity contribution in [2.75, 3.05) is 12.4 Å². The number of aryl methyl sites for hydroxylation is 2. The van der Waals surface area contributed by atoms with Gasteiger partial charge in [-0.05, 0) is 31.4 Å². The van der Waals surface area contributed by atoms with E-state index in [0.717, 1.165) is 23.1 Å². The minimum absolute atomic E-state index is 0.00397. The van der Waals surface area contributed by atoms with Gasteiger partial charge in [0, 0.05) is 18.0 Å². The normalized spacial score (nSPS) is 10.1. The van der Waals surface area contributed by atoms with Crippen LogP contribution >= 0.6 is 11.6 Å². The summed E-state index contributed by atoms with van der Waals surface area (Å²) in [4.78, 5) is 11.8. The van der Waals surface area contributed by atoms with Gasteiger partial charge in [0.2, 0.25) is 0 Å². The van der Waals surface area contributed by atoms with Crippen molar-refractivity contribution in [2.45, 2.75) is 20.3 Å². The highest BCUT2D eigenvalue weighted by Crippen LogP contribution is 2.12. The van der Waals surface area contributed by atoms with Gasteiger partial charge in [-0.3, -0.25) is 4.79 Å². The van der Waals surface area contributed by atoms with E-state index in [0.29, 0.717) is 12.4 Å². The molecule has 15 heavy (non-hydrogen) atoms. The van der Waals surface area contributed by atoms with Crippen LogP contribution in [0.3, 0.4) is 0 Å². The predicted octanol–water partition coefficient (Wildman–Crippen LogP) is 2.66. The first-order valence-electron chi connectivity index (χ1n) is 5.07. The molecule has 0 heterocycles. The average Bonchev–Trinajstić information content (AvgIpc) is 2.18. The van der Waals surface area contributed by atoms with Crippen LogP contribution in [0.25, 0.3) is 0 Å². The molecule has 0 bridgehead atoms. The Labute approximate surface area is 95.6 Å². The number of rotatable bonds is 4. The first kappa shape index (κ1) is 12.1. The van der Waals surface area contributed by atoms with Crippen molar-refractivity contribution in [3.05, 3.63) is 34.9 Å². The molecule has 3 heteroatoms. The van der Waals surface area contributed by atoms with E-state index < -0.39 is 0 Å². The molecule has 1 N–H and O–H groups in total. The molecule has 0 saturated carbocycles. The lowest BCUT2D eigenvalue weighted by Gasteiger charge is -2.09. The summed E-state index contributed by atoms with van der Waals surface area (Å²) in [7, 11) is 0. The summed E-state index contributed by atoms with van der Waals surface area (Å²) in [5.41, 5.74) is 2.81. The van der Waals surface area contributed by atoms with Crippen LogP contribution in [0.2, 0.25) is 0 Å². The Kier molecular flexibility index (Phi) is 4.63. The fourth-order valence-corrected chi connectivity index (χ4v) is 1.66. The van der Waals surface area contributed by atoms with Crippen LogP contribution in [-0.2, 0) is 0 Å². The van der Waals surface area contributed by atoms with Crippen LogP contribution in [0.4, 0.5) is 0 Å². The smallest absolute Gasteiger partial charge is 0.251 e. The van der Waals surface area contributed by atoms with Crippen LogP contribution in [0, 0.1) is 13.8 Å². The Morgan fingerprint density at radius 2 is 1.93 bits per heavy atom. The van der Waals surface area contributed by atoms with Gasteiger partial charge in [-0.15, -0.1) is 11.6 Å². The van der Waals surface area contributed by atoms with Crippen molar-refractivity contribution < 1.29 is 4.79 Å². The largest absolute Gasteiger partial charge is 0.352 e. The van der Waals surface area contributed by atoms with Gasteiger partial charge in [0.25, 0.3) is 5.91 Å². The first-order chi connectivity index (χ1) is 7.16. The van der Waals surface area contributed by atoms with Gasteiger partial charge < -0.3 is 5.32 Å². The summed E-state index contributed by atoms with van der Waals surface area (Å²) >= 11 is 5.54. The number of nitrogens with one attached hydrogen (secondary N) is 1. The van der Waals surface area contributed by atoms with Gasteiger partial charge in [-0.1, -0.05) is 18.2 Å². The second-order valence-corrected chi connectivity index (χ2v) is 3.94. The molecule has 0 aliphatic carbocycles. The standard InChI is InChI=1S/C12H16ClNO/c1-9-5-3-6-10(2)11(9)12(15)14-8-4-7-13/h3,5-6H,4,7-8H2,1-2H3,(H,14,15). The number of carbonyl (C=O) groups excluding carboxylic acids is 1. The summed E-state index contributed by atoms with van der Waals surface area (Å²) in [6.45, 7) is 4.53. The summed E-state index contributed by atoms with van der Waals surface area (Å²) < 4.78 is 0. The Bertz CT molecular complexity index is 329. The molecule has 2 nitrogen and oxygen atoms in total. The van der Waals surface area contributed by atoms with Crippen molar-refractivity contribution in [1.29, 1.82) is 0 Å². The summed E-state index contributed by atoms with van der Waals surface area (Å²) in [5.74, 6) is 0.572. The van der Waals surface area contributed by atoms with Gasteiger partial charge in [-0.2, -0.15) is 0 Å². The summed E-state index contributed by atoms with van der Waals surface area (Å²) in [6, 6.07) is 5.85. The SMILES string of the molecule is Cc1cccc(C)c1C(=O)NCCCCl. The van der Waals surface area contributed by atoms with Crippen molar-refractivity contribution in [1.82, 2.24) is 5.32 Å². The fraction of sp³-hybridized carbons (Fsp3) is 0.417. The number of hydrogen-bond donors (Lipinski definition) is 1. The molecule has 0 aliphatic rings. The molecular formula is C12H16ClNO. The molecule has 0 unspecified atom stereocenters. The first-order valence-corrected chi connectivity index (χ1v) is 5.60. The van der Waals surface area contributed by atoms with Crippen LogP contribution in [-0.4, -0.2) is 18.3 Å². The van der Waals surface area contributed by atoms with E-state index in [-0.39, 0.29) is 5.91 Å². The van der Waals surface area contributed by atoms with E-state index in [4.69, 9.17) is 11.6 Å². The Hall–Kier alpha value is -1.02. The van der Waals surface area contributed by atoms with Crippen molar-refractivity contribution >= 4 is 17.5 Å². The molecule has 0 atom stereocenters. The maximum absolute atomic E-state index is 11.8. The molecule has 0 spiro atoms. The van der Waals surface area contributed by atoms with Crippen molar-refractivity contribution in [2.24, 2.45) is 0 Å². The highest BCUT2D eigenvalue weighted by Gasteiger charge is 2.10.